The zero-order valence-electron chi connectivity index (χ0n) is 8.60. The molecule has 0 radical (unpaired) electrons. The molecule has 3 nitrogen and oxygen atoms in total. The standard InChI is InChI=1S/C10H13ClO3S/c1-8-4-3-5-9(6-8)10(14-2)7-15(11,12)13/h3-6,10H,7H2,1-2H3. The molecule has 0 aromatic heterocycles. The summed E-state index contributed by atoms with van der Waals surface area (Å²) in [6, 6.07) is 7.50. The molecule has 1 aromatic carbocycles. The number of benzene rings is 1. The fraction of sp³-hybridized carbons (Fsp3) is 0.400. The zero-order chi connectivity index (χ0) is 11.5. The summed E-state index contributed by atoms with van der Waals surface area (Å²) in [7, 11) is 3.11. The Morgan fingerprint density at radius 3 is 2.60 bits per heavy atom. The first-order chi connectivity index (χ1) is 6.92. The van der Waals surface area contributed by atoms with Crippen molar-refractivity contribution in [3.63, 3.8) is 0 Å². The lowest BCUT2D eigenvalue weighted by Gasteiger charge is -2.14. The molecule has 0 spiro atoms. The van der Waals surface area contributed by atoms with Gasteiger partial charge in [0.2, 0.25) is 9.05 Å². The molecule has 0 bridgehead atoms. The highest BCUT2D eigenvalue weighted by molar-refractivity contribution is 8.13. The van der Waals surface area contributed by atoms with Crippen LogP contribution in [0.25, 0.3) is 0 Å². The van der Waals surface area contributed by atoms with Crippen molar-refractivity contribution in [2.45, 2.75) is 13.0 Å². The normalized spacial score (nSPS) is 13.8. The highest BCUT2D eigenvalue weighted by atomic mass is 35.7. The van der Waals surface area contributed by atoms with Gasteiger partial charge in [0.15, 0.2) is 0 Å². The molecule has 0 saturated heterocycles. The highest BCUT2D eigenvalue weighted by Gasteiger charge is 2.18. The third kappa shape index (κ3) is 4.20. The number of aryl methyl sites for hydroxylation is 1. The minimum absolute atomic E-state index is 0.214. The van der Waals surface area contributed by atoms with Crippen LogP contribution in [-0.2, 0) is 13.8 Å². The molecule has 15 heavy (non-hydrogen) atoms. The molecule has 84 valence electrons. The first kappa shape index (κ1) is 12.5. The summed E-state index contributed by atoms with van der Waals surface area (Å²) >= 11 is 0. The lowest BCUT2D eigenvalue weighted by molar-refractivity contribution is 0.122. The Balaban J connectivity index is 2.93. The van der Waals surface area contributed by atoms with E-state index in [4.69, 9.17) is 15.4 Å². The smallest absolute Gasteiger partial charge is 0.235 e. The van der Waals surface area contributed by atoms with Crippen LogP contribution in [0.15, 0.2) is 24.3 Å². The van der Waals surface area contributed by atoms with E-state index < -0.39 is 15.2 Å². The molecule has 1 unspecified atom stereocenters. The maximum absolute atomic E-state index is 10.9. The SMILES string of the molecule is COC(CS(=O)(=O)Cl)c1cccc(C)c1. The molecular formula is C10H13ClO3S. The summed E-state index contributed by atoms with van der Waals surface area (Å²) in [5.74, 6) is -0.214. The van der Waals surface area contributed by atoms with Gasteiger partial charge in [-0.3, -0.25) is 0 Å². The van der Waals surface area contributed by atoms with Crippen LogP contribution in [-0.4, -0.2) is 21.3 Å². The van der Waals surface area contributed by atoms with Gasteiger partial charge in [-0.25, -0.2) is 8.42 Å². The minimum atomic E-state index is -3.55. The fourth-order valence-electron chi connectivity index (χ4n) is 1.35. The number of halogens is 1. The molecule has 1 aromatic rings. The molecule has 0 fully saturated rings. The second kappa shape index (κ2) is 4.96. The summed E-state index contributed by atoms with van der Waals surface area (Å²) in [4.78, 5) is 0. The van der Waals surface area contributed by atoms with E-state index in [-0.39, 0.29) is 5.75 Å². The van der Waals surface area contributed by atoms with Gasteiger partial charge in [-0.2, -0.15) is 0 Å². The van der Waals surface area contributed by atoms with Crippen molar-refractivity contribution in [2.75, 3.05) is 12.9 Å². The van der Waals surface area contributed by atoms with Crippen molar-refractivity contribution in [1.82, 2.24) is 0 Å². The molecule has 0 saturated carbocycles. The van der Waals surface area contributed by atoms with Gasteiger partial charge in [0, 0.05) is 17.8 Å². The second-order valence-corrected chi connectivity index (χ2v) is 6.17. The molecule has 0 heterocycles. The zero-order valence-corrected chi connectivity index (χ0v) is 10.2. The van der Waals surface area contributed by atoms with E-state index in [1.54, 1.807) is 0 Å². The fourth-order valence-corrected chi connectivity index (χ4v) is 2.38. The molecule has 1 rings (SSSR count). The maximum atomic E-state index is 10.9. The van der Waals surface area contributed by atoms with E-state index in [1.807, 2.05) is 31.2 Å². The van der Waals surface area contributed by atoms with E-state index >= 15 is 0 Å². The van der Waals surface area contributed by atoms with Crippen molar-refractivity contribution >= 4 is 19.7 Å². The molecule has 0 aliphatic rings. The average Bonchev–Trinajstić information content (AvgIpc) is 2.13. The van der Waals surface area contributed by atoms with Gasteiger partial charge in [-0.05, 0) is 12.5 Å². The Bertz CT molecular complexity index is 428. The van der Waals surface area contributed by atoms with E-state index in [2.05, 4.69) is 0 Å². The summed E-state index contributed by atoms with van der Waals surface area (Å²) in [5, 5.41) is 0. The Labute approximate surface area is 94.4 Å². The van der Waals surface area contributed by atoms with E-state index in [9.17, 15) is 8.42 Å². The molecular weight excluding hydrogens is 236 g/mol. The van der Waals surface area contributed by atoms with Gasteiger partial charge >= 0.3 is 0 Å². The topological polar surface area (TPSA) is 43.4 Å². The Morgan fingerprint density at radius 2 is 2.13 bits per heavy atom. The van der Waals surface area contributed by atoms with Crippen molar-refractivity contribution in [3.05, 3.63) is 35.4 Å². The highest BCUT2D eigenvalue weighted by Crippen LogP contribution is 2.20. The van der Waals surface area contributed by atoms with Crippen LogP contribution < -0.4 is 0 Å². The number of rotatable bonds is 4. The Hall–Kier alpha value is -0.580. The third-order valence-corrected chi connectivity index (χ3v) is 3.13. The first-order valence-electron chi connectivity index (χ1n) is 4.44. The summed E-state index contributed by atoms with van der Waals surface area (Å²) < 4.78 is 27.0. The van der Waals surface area contributed by atoms with Crippen molar-refractivity contribution in [1.29, 1.82) is 0 Å². The van der Waals surface area contributed by atoms with Crippen molar-refractivity contribution < 1.29 is 13.2 Å². The molecule has 0 N–H and O–H groups in total. The van der Waals surface area contributed by atoms with Crippen LogP contribution in [0, 0.1) is 6.92 Å². The second-order valence-electron chi connectivity index (χ2n) is 3.34. The molecule has 0 aliphatic heterocycles. The Kier molecular flexibility index (Phi) is 4.13. The number of ether oxygens (including phenoxy) is 1. The van der Waals surface area contributed by atoms with Gasteiger partial charge in [0.1, 0.15) is 0 Å². The van der Waals surface area contributed by atoms with Gasteiger partial charge in [-0.1, -0.05) is 29.8 Å². The largest absolute Gasteiger partial charge is 0.376 e. The summed E-state index contributed by atoms with van der Waals surface area (Å²) in [5.41, 5.74) is 1.88. The number of methoxy groups -OCH3 is 1. The van der Waals surface area contributed by atoms with Crippen LogP contribution in [0.5, 0.6) is 0 Å². The van der Waals surface area contributed by atoms with Gasteiger partial charge < -0.3 is 4.74 Å². The summed E-state index contributed by atoms with van der Waals surface area (Å²) in [6.45, 7) is 1.94. The number of hydrogen-bond acceptors (Lipinski definition) is 3. The Morgan fingerprint density at radius 1 is 1.47 bits per heavy atom. The van der Waals surface area contributed by atoms with Gasteiger partial charge in [-0.15, -0.1) is 0 Å². The van der Waals surface area contributed by atoms with Gasteiger partial charge in [0.25, 0.3) is 0 Å². The van der Waals surface area contributed by atoms with E-state index in [1.165, 1.54) is 7.11 Å². The van der Waals surface area contributed by atoms with Crippen LogP contribution in [0.3, 0.4) is 0 Å². The van der Waals surface area contributed by atoms with Crippen LogP contribution in [0.2, 0.25) is 0 Å². The van der Waals surface area contributed by atoms with Crippen LogP contribution in [0.1, 0.15) is 17.2 Å². The maximum Gasteiger partial charge on any atom is 0.235 e. The van der Waals surface area contributed by atoms with E-state index in [0.717, 1.165) is 11.1 Å². The lowest BCUT2D eigenvalue weighted by Crippen LogP contribution is -2.12. The monoisotopic (exact) mass is 248 g/mol. The number of hydrogen-bond donors (Lipinski definition) is 0. The van der Waals surface area contributed by atoms with Crippen molar-refractivity contribution in [2.24, 2.45) is 0 Å². The first-order valence-corrected chi connectivity index (χ1v) is 6.92. The average molecular weight is 249 g/mol. The quantitative estimate of drug-likeness (QED) is 0.768. The van der Waals surface area contributed by atoms with Crippen LogP contribution >= 0.6 is 10.7 Å². The lowest BCUT2D eigenvalue weighted by atomic mass is 10.1. The molecule has 0 aliphatic carbocycles. The predicted molar refractivity (Wildman–Crippen MR) is 60.6 cm³/mol. The van der Waals surface area contributed by atoms with Gasteiger partial charge in [0.05, 0.1) is 11.9 Å². The molecule has 1 atom stereocenters. The molecule has 5 heteroatoms. The van der Waals surface area contributed by atoms with Crippen molar-refractivity contribution in [3.8, 4) is 0 Å². The van der Waals surface area contributed by atoms with E-state index in [0.29, 0.717) is 0 Å². The minimum Gasteiger partial charge on any atom is -0.376 e. The summed E-state index contributed by atoms with van der Waals surface area (Å²) in [6.07, 6.45) is -0.507. The predicted octanol–water partition coefficient (Wildman–Crippen LogP) is 2.25. The van der Waals surface area contributed by atoms with Crippen LogP contribution in [0.4, 0.5) is 0 Å². The third-order valence-electron chi connectivity index (χ3n) is 2.05. The molecule has 0 amide bonds.